The third-order valence-electron chi connectivity index (χ3n) is 2.56. The van der Waals surface area contributed by atoms with E-state index < -0.39 is 11.2 Å². The molecular formula is C11H16ClNO2. The maximum atomic E-state index is 9.91. The number of aliphatic hydroxyl groups is 1. The van der Waals surface area contributed by atoms with Crippen LogP contribution in [0.25, 0.3) is 0 Å². The second-order valence-corrected chi connectivity index (χ2v) is 4.82. The molecule has 0 bridgehead atoms. The third kappa shape index (κ3) is 2.83. The first-order valence-corrected chi connectivity index (χ1v) is 5.14. The first-order chi connectivity index (χ1) is 6.74. The van der Waals surface area contributed by atoms with Crippen LogP contribution in [0.2, 0.25) is 5.15 Å². The van der Waals surface area contributed by atoms with Gasteiger partial charge in [-0.3, -0.25) is 0 Å². The molecule has 4 heteroatoms. The van der Waals surface area contributed by atoms with Crippen LogP contribution in [-0.2, 0) is 0 Å². The Labute approximate surface area is 95.1 Å². The van der Waals surface area contributed by atoms with Crippen molar-refractivity contribution in [2.45, 2.75) is 38.9 Å². The molecule has 0 fully saturated rings. The number of rotatable bonds is 3. The lowest BCUT2D eigenvalue weighted by molar-refractivity contribution is -0.0907. The lowest BCUT2D eigenvalue weighted by atomic mass is 9.89. The van der Waals surface area contributed by atoms with Crippen molar-refractivity contribution in [3.63, 3.8) is 0 Å². The Morgan fingerprint density at radius 1 is 1.33 bits per heavy atom. The van der Waals surface area contributed by atoms with Gasteiger partial charge in [0.15, 0.2) is 10.9 Å². The Morgan fingerprint density at radius 2 is 1.93 bits per heavy atom. The van der Waals surface area contributed by atoms with Gasteiger partial charge in [0.25, 0.3) is 0 Å². The van der Waals surface area contributed by atoms with Crippen LogP contribution < -0.4 is 4.74 Å². The van der Waals surface area contributed by atoms with E-state index in [4.69, 9.17) is 16.3 Å². The van der Waals surface area contributed by atoms with Gasteiger partial charge in [-0.2, -0.15) is 0 Å². The molecule has 0 unspecified atom stereocenters. The Morgan fingerprint density at radius 3 is 2.40 bits per heavy atom. The summed E-state index contributed by atoms with van der Waals surface area (Å²) in [4.78, 5) is 3.90. The van der Waals surface area contributed by atoms with E-state index in [2.05, 4.69) is 4.98 Å². The minimum absolute atomic E-state index is 0.301. The summed E-state index contributed by atoms with van der Waals surface area (Å²) in [6.07, 6.45) is 1.59. The number of nitrogens with zero attached hydrogens (tertiary/aromatic N) is 1. The molecule has 0 saturated carbocycles. The molecular weight excluding hydrogens is 214 g/mol. The van der Waals surface area contributed by atoms with Crippen molar-refractivity contribution in [2.75, 3.05) is 0 Å². The number of pyridine rings is 1. The topological polar surface area (TPSA) is 42.4 Å². The molecule has 0 saturated heterocycles. The predicted molar refractivity (Wildman–Crippen MR) is 60.3 cm³/mol. The Bertz CT molecular complexity index is 345. The van der Waals surface area contributed by atoms with Gasteiger partial charge in [0.1, 0.15) is 5.60 Å². The first kappa shape index (κ1) is 12.3. The number of hydrogen-bond donors (Lipinski definition) is 1. The van der Waals surface area contributed by atoms with Crippen LogP contribution >= 0.6 is 11.6 Å². The molecule has 0 spiro atoms. The fraction of sp³-hybridized carbons (Fsp3) is 0.545. The van der Waals surface area contributed by atoms with Gasteiger partial charge in [-0.25, -0.2) is 4.98 Å². The second kappa shape index (κ2) is 3.99. The Balaban J connectivity index is 2.92. The van der Waals surface area contributed by atoms with Gasteiger partial charge in [0.2, 0.25) is 0 Å². The van der Waals surface area contributed by atoms with Gasteiger partial charge in [0.05, 0.1) is 5.60 Å². The summed E-state index contributed by atoms with van der Waals surface area (Å²) in [6, 6.07) is 3.46. The molecule has 0 amide bonds. The van der Waals surface area contributed by atoms with Crippen molar-refractivity contribution >= 4 is 11.6 Å². The molecule has 1 N–H and O–H groups in total. The summed E-state index contributed by atoms with van der Waals surface area (Å²) < 4.78 is 5.65. The highest BCUT2D eigenvalue weighted by Crippen LogP contribution is 2.30. The SMILES string of the molecule is CC(C)(O)C(C)(C)Oc1cccnc1Cl. The molecule has 0 atom stereocenters. The van der Waals surface area contributed by atoms with Crippen molar-refractivity contribution in [3.8, 4) is 5.75 Å². The van der Waals surface area contributed by atoms with Gasteiger partial charge < -0.3 is 9.84 Å². The van der Waals surface area contributed by atoms with Crippen molar-refractivity contribution in [3.05, 3.63) is 23.5 Å². The smallest absolute Gasteiger partial charge is 0.171 e. The number of aromatic nitrogens is 1. The molecule has 1 heterocycles. The van der Waals surface area contributed by atoms with Crippen LogP contribution in [0.15, 0.2) is 18.3 Å². The molecule has 0 aliphatic heterocycles. The summed E-state index contributed by atoms with van der Waals surface area (Å²) in [5.41, 5.74) is -1.70. The van der Waals surface area contributed by atoms with E-state index in [0.717, 1.165) is 0 Å². The standard InChI is InChI=1S/C11H16ClNO2/c1-10(2,14)11(3,4)15-8-6-5-7-13-9(8)12/h5-7,14H,1-4H3. The Hall–Kier alpha value is -0.800. The van der Waals surface area contributed by atoms with E-state index >= 15 is 0 Å². The van der Waals surface area contributed by atoms with Crippen LogP contribution in [0.1, 0.15) is 27.7 Å². The quantitative estimate of drug-likeness (QED) is 0.811. The highest BCUT2D eigenvalue weighted by atomic mass is 35.5. The van der Waals surface area contributed by atoms with E-state index in [0.29, 0.717) is 10.9 Å². The molecule has 0 aliphatic rings. The molecule has 1 aromatic rings. The molecule has 0 aromatic carbocycles. The van der Waals surface area contributed by atoms with Crippen molar-refractivity contribution in [1.82, 2.24) is 4.98 Å². The molecule has 1 rings (SSSR count). The molecule has 15 heavy (non-hydrogen) atoms. The van der Waals surface area contributed by atoms with Crippen LogP contribution in [0, 0.1) is 0 Å². The summed E-state index contributed by atoms with van der Waals surface area (Å²) in [7, 11) is 0. The summed E-state index contributed by atoms with van der Waals surface area (Å²) >= 11 is 5.86. The van der Waals surface area contributed by atoms with E-state index in [1.54, 1.807) is 46.0 Å². The van der Waals surface area contributed by atoms with Crippen molar-refractivity contribution < 1.29 is 9.84 Å². The average Bonchev–Trinajstić information content (AvgIpc) is 2.06. The monoisotopic (exact) mass is 229 g/mol. The molecule has 1 aromatic heterocycles. The van der Waals surface area contributed by atoms with E-state index in [1.807, 2.05) is 0 Å². The highest BCUT2D eigenvalue weighted by molar-refractivity contribution is 6.30. The summed E-state index contributed by atoms with van der Waals surface area (Å²) in [5.74, 6) is 0.478. The lowest BCUT2D eigenvalue weighted by Crippen LogP contribution is -2.49. The number of hydrogen-bond acceptors (Lipinski definition) is 3. The summed E-state index contributed by atoms with van der Waals surface area (Å²) in [5, 5.41) is 10.2. The van der Waals surface area contributed by atoms with Gasteiger partial charge in [0, 0.05) is 6.20 Å². The van der Waals surface area contributed by atoms with E-state index in [1.165, 1.54) is 0 Å². The highest BCUT2D eigenvalue weighted by Gasteiger charge is 2.37. The maximum absolute atomic E-state index is 9.91. The number of ether oxygens (including phenoxy) is 1. The second-order valence-electron chi connectivity index (χ2n) is 4.46. The molecule has 84 valence electrons. The molecule has 3 nitrogen and oxygen atoms in total. The maximum Gasteiger partial charge on any atom is 0.171 e. The molecule has 0 radical (unpaired) electrons. The van der Waals surface area contributed by atoms with Crippen LogP contribution in [-0.4, -0.2) is 21.3 Å². The van der Waals surface area contributed by atoms with Crippen LogP contribution in [0.3, 0.4) is 0 Å². The zero-order chi connectivity index (χ0) is 11.7. The fourth-order valence-electron chi connectivity index (χ4n) is 0.847. The normalized spacial score (nSPS) is 12.7. The van der Waals surface area contributed by atoms with Gasteiger partial charge in [-0.05, 0) is 39.8 Å². The minimum atomic E-state index is -0.966. The first-order valence-electron chi connectivity index (χ1n) is 4.76. The Kier molecular flexibility index (Phi) is 3.26. The number of halogens is 1. The summed E-state index contributed by atoms with van der Waals surface area (Å²) in [6.45, 7) is 6.99. The van der Waals surface area contributed by atoms with Gasteiger partial charge in [-0.15, -0.1) is 0 Å². The largest absolute Gasteiger partial charge is 0.482 e. The van der Waals surface area contributed by atoms with Crippen molar-refractivity contribution in [2.24, 2.45) is 0 Å². The van der Waals surface area contributed by atoms with Gasteiger partial charge >= 0.3 is 0 Å². The zero-order valence-corrected chi connectivity index (χ0v) is 10.2. The van der Waals surface area contributed by atoms with E-state index in [-0.39, 0.29) is 0 Å². The van der Waals surface area contributed by atoms with Crippen molar-refractivity contribution in [1.29, 1.82) is 0 Å². The van der Waals surface area contributed by atoms with Crippen LogP contribution in [0.5, 0.6) is 5.75 Å². The average molecular weight is 230 g/mol. The zero-order valence-electron chi connectivity index (χ0n) is 9.41. The minimum Gasteiger partial charge on any atom is -0.482 e. The lowest BCUT2D eigenvalue weighted by Gasteiger charge is -2.37. The third-order valence-corrected chi connectivity index (χ3v) is 2.85. The fourth-order valence-corrected chi connectivity index (χ4v) is 1.01. The van der Waals surface area contributed by atoms with Crippen LogP contribution in [0.4, 0.5) is 0 Å². The molecule has 0 aliphatic carbocycles. The van der Waals surface area contributed by atoms with Gasteiger partial charge in [-0.1, -0.05) is 11.6 Å². The van der Waals surface area contributed by atoms with E-state index in [9.17, 15) is 5.11 Å². The predicted octanol–water partition coefficient (Wildman–Crippen LogP) is 2.66.